The van der Waals surface area contributed by atoms with Crippen molar-refractivity contribution in [1.82, 2.24) is 15.3 Å². The number of carbonyl (C=O) groups is 1. The Morgan fingerprint density at radius 2 is 2.03 bits per heavy atom. The summed E-state index contributed by atoms with van der Waals surface area (Å²) in [5.41, 5.74) is 3.26. The number of fused-ring (bicyclic) bond motifs is 2. The molecule has 0 saturated heterocycles. The molecule has 1 fully saturated rings. The van der Waals surface area contributed by atoms with Gasteiger partial charge in [-0.2, -0.15) is 4.98 Å². The van der Waals surface area contributed by atoms with Crippen molar-refractivity contribution >= 4 is 40.3 Å². The molecule has 0 atom stereocenters. The standard InChI is InChI=1S/C25H29N5OS/c1-17-8-9-21-20(14-17)23(26-16-25(10-5-11-25)29-18(2)31)28-24(27-21)30-12-13-32-22-7-4-3-6-19(22)15-30/h3-4,6-9,14H,5,10-13,15-16H2,1-2H3,(H,29,31)(H,26,27,28). The second-order valence-corrected chi connectivity index (χ2v) is 10.1. The van der Waals surface area contributed by atoms with Crippen molar-refractivity contribution in [3.8, 4) is 0 Å². The number of nitrogens with one attached hydrogen (secondary N) is 2. The lowest BCUT2D eigenvalue weighted by Gasteiger charge is -2.42. The zero-order valence-electron chi connectivity index (χ0n) is 18.6. The van der Waals surface area contributed by atoms with E-state index in [2.05, 4.69) is 64.9 Å². The minimum atomic E-state index is -0.175. The lowest BCUT2D eigenvalue weighted by Crippen LogP contribution is -2.57. The van der Waals surface area contributed by atoms with Gasteiger partial charge < -0.3 is 15.5 Å². The summed E-state index contributed by atoms with van der Waals surface area (Å²) in [5.74, 6) is 2.62. The van der Waals surface area contributed by atoms with Crippen molar-refractivity contribution in [2.45, 2.75) is 50.1 Å². The molecule has 1 amide bonds. The lowest BCUT2D eigenvalue weighted by atomic mass is 9.76. The highest BCUT2D eigenvalue weighted by Gasteiger charge is 2.37. The minimum Gasteiger partial charge on any atom is -0.367 e. The van der Waals surface area contributed by atoms with Crippen LogP contribution < -0.4 is 15.5 Å². The van der Waals surface area contributed by atoms with E-state index in [0.29, 0.717) is 6.54 Å². The number of rotatable bonds is 5. The van der Waals surface area contributed by atoms with Gasteiger partial charge in [-0.05, 0) is 49.9 Å². The van der Waals surface area contributed by atoms with Crippen LogP contribution in [0.1, 0.15) is 37.3 Å². The van der Waals surface area contributed by atoms with Crippen LogP contribution in [0.25, 0.3) is 10.9 Å². The van der Waals surface area contributed by atoms with Crippen molar-refractivity contribution < 1.29 is 4.79 Å². The molecule has 0 unspecified atom stereocenters. The van der Waals surface area contributed by atoms with E-state index in [0.717, 1.165) is 60.8 Å². The van der Waals surface area contributed by atoms with E-state index in [1.54, 1.807) is 6.92 Å². The van der Waals surface area contributed by atoms with E-state index in [1.807, 2.05) is 11.8 Å². The third-order valence-electron chi connectivity index (χ3n) is 6.42. The van der Waals surface area contributed by atoms with E-state index in [-0.39, 0.29) is 11.4 Å². The number of aryl methyl sites for hydroxylation is 1. The maximum atomic E-state index is 11.7. The molecule has 32 heavy (non-hydrogen) atoms. The van der Waals surface area contributed by atoms with Gasteiger partial charge in [0.15, 0.2) is 0 Å². The van der Waals surface area contributed by atoms with Gasteiger partial charge in [0.05, 0.1) is 11.1 Å². The summed E-state index contributed by atoms with van der Waals surface area (Å²) in [7, 11) is 0. The molecule has 0 spiro atoms. The highest BCUT2D eigenvalue weighted by atomic mass is 32.2. The van der Waals surface area contributed by atoms with Gasteiger partial charge in [0, 0.05) is 42.6 Å². The van der Waals surface area contributed by atoms with Crippen LogP contribution in [0, 0.1) is 6.92 Å². The molecule has 2 aliphatic rings. The average Bonchev–Trinajstić information content (AvgIpc) is 2.97. The van der Waals surface area contributed by atoms with Gasteiger partial charge in [0.1, 0.15) is 5.82 Å². The zero-order chi connectivity index (χ0) is 22.1. The summed E-state index contributed by atoms with van der Waals surface area (Å²) in [6, 6.07) is 14.9. The zero-order valence-corrected chi connectivity index (χ0v) is 19.5. The largest absolute Gasteiger partial charge is 0.367 e. The molecule has 1 saturated carbocycles. The fourth-order valence-corrected chi connectivity index (χ4v) is 5.60. The highest BCUT2D eigenvalue weighted by molar-refractivity contribution is 7.99. The number of amides is 1. The van der Waals surface area contributed by atoms with E-state index in [4.69, 9.17) is 9.97 Å². The summed E-state index contributed by atoms with van der Waals surface area (Å²) in [5, 5.41) is 7.76. The van der Waals surface area contributed by atoms with Gasteiger partial charge in [0.25, 0.3) is 0 Å². The Kier molecular flexibility index (Phi) is 5.67. The van der Waals surface area contributed by atoms with Gasteiger partial charge in [-0.1, -0.05) is 29.8 Å². The minimum absolute atomic E-state index is 0.0244. The second-order valence-electron chi connectivity index (χ2n) is 8.94. The molecule has 2 aromatic carbocycles. The van der Waals surface area contributed by atoms with Crippen molar-refractivity contribution in [3.63, 3.8) is 0 Å². The Morgan fingerprint density at radius 3 is 2.81 bits per heavy atom. The predicted octanol–water partition coefficient (Wildman–Crippen LogP) is 4.52. The first kappa shape index (κ1) is 21.1. The molecule has 5 rings (SSSR count). The van der Waals surface area contributed by atoms with Crippen LogP contribution in [0.4, 0.5) is 11.8 Å². The predicted molar refractivity (Wildman–Crippen MR) is 131 cm³/mol. The molecule has 2 N–H and O–H groups in total. The van der Waals surface area contributed by atoms with Crippen LogP contribution in [0.2, 0.25) is 0 Å². The molecule has 7 heteroatoms. The highest BCUT2D eigenvalue weighted by Crippen LogP contribution is 2.34. The first-order valence-corrected chi connectivity index (χ1v) is 12.3. The smallest absolute Gasteiger partial charge is 0.228 e. The third-order valence-corrected chi connectivity index (χ3v) is 7.52. The lowest BCUT2D eigenvalue weighted by molar-refractivity contribution is -0.121. The van der Waals surface area contributed by atoms with Gasteiger partial charge in [0.2, 0.25) is 11.9 Å². The Morgan fingerprint density at radius 1 is 1.19 bits per heavy atom. The number of nitrogens with zero attached hydrogens (tertiary/aromatic N) is 3. The Labute approximate surface area is 193 Å². The second kappa shape index (κ2) is 8.62. The van der Waals surface area contributed by atoms with Gasteiger partial charge in [-0.25, -0.2) is 4.98 Å². The maximum absolute atomic E-state index is 11.7. The maximum Gasteiger partial charge on any atom is 0.228 e. The number of hydrogen-bond donors (Lipinski definition) is 2. The van der Waals surface area contributed by atoms with Crippen LogP contribution in [0.15, 0.2) is 47.4 Å². The number of anilines is 2. The molecule has 3 aromatic rings. The number of benzene rings is 2. The van der Waals surface area contributed by atoms with E-state index in [9.17, 15) is 4.79 Å². The molecular weight excluding hydrogens is 418 g/mol. The van der Waals surface area contributed by atoms with Crippen molar-refractivity contribution in [1.29, 1.82) is 0 Å². The number of hydrogen-bond acceptors (Lipinski definition) is 6. The summed E-state index contributed by atoms with van der Waals surface area (Å²) in [6.07, 6.45) is 3.13. The summed E-state index contributed by atoms with van der Waals surface area (Å²) >= 11 is 1.89. The van der Waals surface area contributed by atoms with E-state index >= 15 is 0 Å². The van der Waals surface area contributed by atoms with Crippen LogP contribution in [-0.4, -0.2) is 40.3 Å². The fourth-order valence-electron chi connectivity index (χ4n) is 4.58. The molecule has 166 valence electrons. The van der Waals surface area contributed by atoms with Crippen molar-refractivity contribution in [2.75, 3.05) is 29.1 Å². The Balaban J connectivity index is 1.48. The van der Waals surface area contributed by atoms with Gasteiger partial charge >= 0.3 is 0 Å². The Hall–Kier alpha value is -2.80. The number of aromatic nitrogens is 2. The molecule has 1 aromatic heterocycles. The first-order valence-electron chi connectivity index (χ1n) is 11.3. The van der Waals surface area contributed by atoms with Crippen molar-refractivity contribution in [2.24, 2.45) is 0 Å². The third kappa shape index (κ3) is 4.26. The molecule has 0 radical (unpaired) electrons. The van der Waals surface area contributed by atoms with Crippen LogP contribution in [-0.2, 0) is 11.3 Å². The summed E-state index contributed by atoms with van der Waals surface area (Å²) in [4.78, 5) is 25.3. The summed E-state index contributed by atoms with van der Waals surface area (Å²) in [6.45, 7) is 6.05. The SMILES string of the molecule is CC(=O)NC1(CNc2nc(N3CCSc4ccccc4C3)nc3ccc(C)cc23)CCC1. The quantitative estimate of drug-likeness (QED) is 0.599. The monoisotopic (exact) mass is 447 g/mol. The molecule has 6 nitrogen and oxygen atoms in total. The van der Waals surface area contributed by atoms with Gasteiger partial charge in [-0.15, -0.1) is 11.8 Å². The van der Waals surface area contributed by atoms with E-state index in [1.165, 1.54) is 16.0 Å². The van der Waals surface area contributed by atoms with Gasteiger partial charge in [-0.3, -0.25) is 4.79 Å². The topological polar surface area (TPSA) is 70.2 Å². The van der Waals surface area contributed by atoms with Crippen molar-refractivity contribution in [3.05, 3.63) is 53.6 Å². The Bertz CT molecular complexity index is 1160. The van der Waals surface area contributed by atoms with Crippen LogP contribution >= 0.6 is 11.8 Å². The number of carbonyl (C=O) groups excluding carboxylic acids is 1. The molecule has 1 aliphatic heterocycles. The number of thioether (sulfide) groups is 1. The molecule has 1 aliphatic carbocycles. The molecular formula is C25H29N5OS. The molecule has 0 bridgehead atoms. The first-order chi connectivity index (χ1) is 15.5. The van der Waals surface area contributed by atoms with Crippen LogP contribution in [0.3, 0.4) is 0 Å². The van der Waals surface area contributed by atoms with Crippen LogP contribution in [0.5, 0.6) is 0 Å². The summed E-state index contributed by atoms with van der Waals surface area (Å²) < 4.78 is 0. The van der Waals surface area contributed by atoms with E-state index < -0.39 is 0 Å². The average molecular weight is 448 g/mol. The normalized spacial score (nSPS) is 17.2. The molecule has 2 heterocycles. The fraction of sp³-hybridized carbons (Fsp3) is 0.400.